The van der Waals surface area contributed by atoms with Gasteiger partial charge in [0.2, 0.25) is 0 Å². The maximum Gasteiger partial charge on any atom is 0.165 e. The summed E-state index contributed by atoms with van der Waals surface area (Å²) in [5.41, 5.74) is 1.84. The van der Waals surface area contributed by atoms with E-state index in [4.69, 9.17) is 12.2 Å². The van der Waals surface area contributed by atoms with Gasteiger partial charge in [0.15, 0.2) is 5.72 Å². The van der Waals surface area contributed by atoms with Crippen LogP contribution >= 0.6 is 12.2 Å². The van der Waals surface area contributed by atoms with E-state index in [-0.39, 0.29) is 5.92 Å². The molecule has 23 heavy (non-hydrogen) atoms. The minimum absolute atomic E-state index is 0.0911. The highest BCUT2D eigenvalue weighted by Gasteiger charge is 2.46. The van der Waals surface area contributed by atoms with Crippen LogP contribution < -0.4 is 0 Å². The number of hydrazone groups is 1. The Labute approximate surface area is 142 Å². The average Bonchev–Trinajstić information content (AvgIpc) is 2.79. The predicted octanol–water partition coefficient (Wildman–Crippen LogP) is 3.62. The number of hydrogen-bond donors (Lipinski definition) is 1. The van der Waals surface area contributed by atoms with Crippen molar-refractivity contribution >= 4 is 22.9 Å². The molecule has 118 valence electrons. The van der Waals surface area contributed by atoms with Gasteiger partial charge in [-0.2, -0.15) is 5.10 Å². The van der Waals surface area contributed by atoms with Gasteiger partial charge in [-0.3, -0.25) is 0 Å². The zero-order valence-corrected chi connectivity index (χ0v) is 14.1. The normalized spacial score (nSPS) is 23.7. The third-order valence-corrected chi connectivity index (χ3v) is 4.76. The molecule has 0 fully saturated rings. The Balaban J connectivity index is 1.86. The molecule has 1 N–H and O–H groups in total. The largest absolute Gasteiger partial charge is 0.369 e. The maximum atomic E-state index is 11.1. The first-order chi connectivity index (χ1) is 11.0. The highest BCUT2D eigenvalue weighted by molar-refractivity contribution is 7.80. The molecule has 2 atom stereocenters. The minimum atomic E-state index is -1.13. The molecule has 3 rings (SSSR count). The lowest BCUT2D eigenvalue weighted by Gasteiger charge is -2.34. The zero-order valence-electron chi connectivity index (χ0n) is 13.3. The maximum absolute atomic E-state index is 11.1. The second-order valence-corrected chi connectivity index (χ2v) is 6.45. The Morgan fingerprint density at radius 3 is 2.30 bits per heavy atom. The van der Waals surface area contributed by atoms with Crippen LogP contribution in [0.15, 0.2) is 65.8 Å². The van der Waals surface area contributed by atoms with Crippen molar-refractivity contribution in [2.75, 3.05) is 0 Å². The predicted molar refractivity (Wildman–Crippen MR) is 97.3 cm³/mol. The molecule has 0 amide bonds. The van der Waals surface area contributed by atoms with Crippen molar-refractivity contribution in [2.24, 2.45) is 11.0 Å². The van der Waals surface area contributed by atoms with Crippen molar-refractivity contribution in [3.63, 3.8) is 0 Å². The number of thiocarbonyl (C=S) groups is 1. The third-order valence-electron chi connectivity index (χ3n) is 4.35. The third kappa shape index (κ3) is 3.05. The number of rotatable bonds is 3. The number of nitrogens with zero attached hydrogens (tertiary/aromatic N) is 2. The van der Waals surface area contributed by atoms with E-state index in [0.717, 1.165) is 17.7 Å². The van der Waals surface area contributed by atoms with Crippen molar-refractivity contribution < 1.29 is 5.11 Å². The Morgan fingerprint density at radius 2 is 1.70 bits per heavy atom. The van der Waals surface area contributed by atoms with Gasteiger partial charge in [0.05, 0.1) is 5.92 Å². The van der Waals surface area contributed by atoms with Gasteiger partial charge >= 0.3 is 0 Å². The van der Waals surface area contributed by atoms with E-state index >= 15 is 0 Å². The van der Waals surface area contributed by atoms with Crippen molar-refractivity contribution in [1.29, 1.82) is 0 Å². The van der Waals surface area contributed by atoms with Crippen LogP contribution in [0, 0.1) is 5.92 Å². The van der Waals surface area contributed by atoms with Gasteiger partial charge in [-0.05, 0) is 25.8 Å². The van der Waals surface area contributed by atoms with E-state index < -0.39 is 5.72 Å². The smallest absolute Gasteiger partial charge is 0.165 e. The minimum Gasteiger partial charge on any atom is -0.369 e. The van der Waals surface area contributed by atoms with Crippen molar-refractivity contribution in [3.8, 4) is 0 Å². The van der Waals surface area contributed by atoms with Gasteiger partial charge in [0.25, 0.3) is 0 Å². The second-order valence-electron chi connectivity index (χ2n) is 6.06. The Hall–Kier alpha value is -2.04. The summed E-state index contributed by atoms with van der Waals surface area (Å²) >= 11 is 5.56. The Bertz CT molecular complexity index is 726. The molecule has 0 aromatic heterocycles. The van der Waals surface area contributed by atoms with Crippen LogP contribution in [-0.2, 0) is 6.42 Å². The summed E-state index contributed by atoms with van der Waals surface area (Å²) < 4.78 is 0. The summed E-state index contributed by atoms with van der Waals surface area (Å²) in [4.78, 5) is 0.547. The number of benzene rings is 2. The first kappa shape index (κ1) is 15.8. The molecule has 2 aromatic rings. The molecule has 2 aromatic carbocycles. The number of hydrogen-bond acceptors (Lipinski definition) is 3. The van der Waals surface area contributed by atoms with E-state index in [1.54, 1.807) is 11.9 Å². The highest BCUT2D eigenvalue weighted by atomic mass is 32.1. The molecule has 1 aliphatic rings. The fourth-order valence-corrected chi connectivity index (χ4v) is 3.38. The lowest BCUT2D eigenvalue weighted by atomic mass is 9.87. The van der Waals surface area contributed by atoms with Gasteiger partial charge in [-0.15, -0.1) is 0 Å². The quantitative estimate of drug-likeness (QED) is 0.876. The lowest BCUT2D eigenvalue weighted by molar-refractivity contribution is -0.0636. The molecule has 0 saturated heterocycles. The summed E-state index contributed by atoms with van der Waals surface area (Å²) in [7, 11) is 0. The molecule has 0 aliphatic carbocycles. The van der Waals surface area contributed by atoms with Gasteiger partial charge in [0, 0.05) is 11.3 Å². The summed E-state index contributed by atoms with van der Waals surface area (Å²) in [6, 6.07) is 19.9. The molecule has 4 heteroatoms. The molecule has 1 aliphatic heterocycles. The fraction of sp³-hybridized carbons (Fsp3) is 0.263. The van der Waals surface area contributed by atoms with E-state index in [1.165, 1.54) is 5.56 Å². The summed E-state index contributed by atoms with van der Waals surface area (Å²) in [6.07, 6.45) is 0.733. The lowest BCUT2D eigenvalue weighted by Crippen LogP contribution is -2.49. The van der Waals surface area contributed by atoms with Crippen molar-refractivity contribution in [2.45, 2.75) is 26.0 Å². The van der Waals surface area contributed by atoms with Gasteiger partial charge in [-0.25, -0.2) is 5.01 Å². The van der Waals surface area contributed by atoms with Crippen LogP contribution in [-0.4, -0.2) is 26.5 Å². The van der Waals surface area contributed by atoms with E-state index in [9.17, 15) is 5.11 Å². The first-order valence-corrected chi connectivity index (χ1v) is 8.12. The van der Waals surface area contributed by atoms with Crippen LogP contribution in [0.2, 0.25) is 0 Å². The van der Waals surface area contributed by atoms with E-state index in [2.05, 4.69) is 17.2 Å². The van der Waals surface area contributed by atoms with Gasteiger partial charge in [0.1, 0.15) is 4.99 Å². The Morgan fingerprint density at radius 1 is 1.13 bits per heavy atom. The molecule has 0 radical (unpaired) electrons. The molecule has 1 heterocycles. The molecule has 0 spiro atoms. The summed E-state index contributed by atoms with van der Waals surface area (Å²) in [6.45, 7) is 3.74. The highest BCUT2D eigenvalue weighted by Crippen LogP contribution is 2.34. The molecule has 0 unspecified atom stereocenters. The van der Waals surface area contributed by atoms with E-state index in [0.29, 0.717) is 4.99 Å². The molecular weight excluding hydrogens is 304 g/mol. The fourth-order valence-electron chi connectivity index (χ4n) is 3.02. The number of aliphatic hydroxyl groups is 1. The van der Waals surface area contributed by atoms with Crippen molar-refractivity contribution in [3.05, 3.63) is 71.8 Å². The standard InChI is InChI=1S/C19H20N2OS/c1-14-17(13-15-9-5-3-6-10-15)19(2,22)21(20-14)18(23)16-11-7-4-8-12-16/h3-12,17,22H,13H2,1-2H3/t17-,19-/m0/s1. The monoisotopic (exact) mass is 324 g/mol. The topological polar surface area (TPSA) is 35.8 Å². The van der Waals surface area contributed by atoms with Gasteiger partial charge < -0.3 is 5.11 Å². The molecular formula is C19H20N2OS. The van der Waals surface area contributed by atoms with Crippen LogP contribution in [0.4, 0.5) is 0 Å². The summed E-state index contributed by atoms with van der Waals surface area (Å²) in [5.74, 6) is -0.0911. The zero-order chi connectivity index (χ0) is 16.4. The molecule has 0 saturated carbocycles. The van der Waals surface area contributed by atoms with Crippen LogP contribution in [0.3, 0.4) is 0 Å². The van der Waals surface area contributed by atoms with Crippen LogP contribution in [0.1, 0.15) is 25.0 Å². The van der Waals surface area contributed by atoms with Crippen LogP contribution in [0.5, 0.6) is 0 Å². The van der Waals surface area contributed by atoms with Gasteiger partial charge in [-0.1, -0.05) is 72.9 Å². The summed E-state index contributed by atoms with van der Waals surface area (Å²) in [5, 5.41) is 17.2. The van der Waals surface area contributed by atoms with Crippen molar-refractivity contribution in [1.82, 2.24) is 5.01 Å². The second kappa shape index (κ2) is 6.22. The van der Waals surface area contributed by atoms with Crippen LogP contribution in [0.25, 0.3) is 0 Å². The van der Waals surface area contributed by atoms with E-state index in [1.807, 2.05) is 55.5 Å². The molecule has 3 nitrogen and oxygen atoms in total. The first-order valence-electron chi connectivity index (χ1n) is 7.71. The Kier molecular flexibility index (Phi) is 4.28. The SMILES string of the molecule is CC1=NN(C(=S)c2ccccc2)[C@@](C)(O)[C@H]1Cc1ccccc1. The molecule has 0 bridgehead atoms. The average molecular weight is 324 g/mol.